The Kier molecular flexibility index (Phi) is 6.79. The van der Waals surface area contributed by atoms with E-state index in [2.05, 4.69) is 5.32 Å². The van der Waals surface area contributed by atoms with E-state index >= 15 is 0 Å². The zero-order valence-electron chi connectivity index (χ0n) is 14.6. The lowest BCUT2D eigenvalue weighted by Gasteiger charge is -2.24. The van der Waals surface area contributed by atoms with Crippen molar-refractivity contribution in [3.05, 3.63) is 58.9 Å². The highest BCUT2D eigenvalue weighted by Gasteiger charge is 2.19. The molecule has 0 aliphatic heterocycles. The Bertz CT molecular complexity index is 739. The summed E-state index contributed by atoms with van der Waals surface area (Å²) < 4.78 is 18.6. The van der Waals surface area contributed by atoms with E-state index in [1.54, 1.807) is 24.3 Å². The van der Waals surface area contributed by atoms with Crippen LogP contribution in [-0.2, 0) is 4.79 Å². The number of rotatable bonds is 7. The summed E-state index contributed by atoms with van der Waals surface area (Å²) in [6.07, 6.45) is 0. The van der Waals surface area contributed by atoms with Crippen molar-refractivity contribution < 1.29 is 13.9 Å². The molecule has 0 fully saturated rings. The molecule has 1 N–H and O–H groups in total. The van der Waals surface area contributed by atoms with Gasteiger partial charge < -0.3 is 10.1 Å². The van der Waals surface area contributed by atoms with Crippen LogP contribution in [0.5, 0.6) is 5.75 Å². The van der Waals surface area contributed by atoms with E-state index in [1.165, 1.54) is 12.1 Å². The first kappa shape index (κ1) is 19.2. The van der Waals surface area contributed by atoms with Crippen molar-refractivity contribution in [2.45, 2.75) is 19.9 Å². The predicted octanol–water partition coefficient (Wildman–Crippen LogP) is 4.13. The zero-order valence-corrected chi connectivity index (χ0v) is 15.3. The molecule has 0 saturated heterocycles. The number of carbonyl (C=O) groups excluding carboxylic acids is 1. The normalized spacial score (nSPS) is 12.1. The Morgan fingerprint density at radius 2 is 2.04 bits per heavy atom. The predicted molar refractivity (Wildman–Crippen MR) is 98.8 cm³/mol. The van der Waals surface area contributed by atoms with E-state index < -0.39 is 0 Å². The van der Waals surface area contributed by atoms with Gasteiger partial charge in [0.25, 0.3) is 0 Å². The Hall–Kier alpha value is -2.11. The number of nitrogens with one attached hydrogen (secondary N) is 1. The van der Waals surface area contributed by atoms with Crippen LogP contribution in [0, 0.1) is 12.7 Å². The largest absolute Gasteiger partial charge is 0.492 e. The molecular weight excluding hydrogens is 343 g/mol. The van der Waals surface area contributed by atoms with Gasteiger partial charge in [-0.2, -0.15) is 0 Å². The number of amides is 1. The molecule has 2 aromatic rings. The molecule has 0 saturated carbocycles. The smallest absolute Gasteiger partial charge is 0.241 e. The molecule has 0 radical (unpaired) electrons. The fourth-order valence-electron chi connectivity index (χ4n) is 2.24. The maximum Gasteiger partial charge on any atom is 0.241 e. The molecule has 2 rings (SSSR count). The number of nitrogens with zero attached hydrogens (tertiary/aromatic N) is 1. The van der Waals surface area contributed by atoms with E-state index in [4.69, 9.17) is 16.3 Å². The number of likely N-dealkylation sites (N-methyl/N-ethyl adjacent to an activating group) is 1. The number of carbonyl (C=O) groups is 1. The van der Waals surface area contributed by atoms with Gasteiger partial charge in [-0.05, 0) is 50.7 Å². The molecule has 1 unspecified atom stereocenters. The fraction of sp³-hybridized carbons (Fsp3) is 0.316. The first-order chi connectivity index (χ1) is 11.9. The lowest BCUT2D eigenvalue weighted by atomic mass is 10.2. The third-order valence-electron chi connectivity index (χ3n) is 4.07. The quantitative estimate of drug-likeness (QED) is 0.803. The fourth-order valence-corrected chi connectivity index (χ4v) is 2.41. The van der Waals surface area contributed by atoms with Gasteiger partial charge in [0.1, 0.15) is 18.2 Å². The molecular formula is C19H22ClFN2O2. The second-order valence-corrected chi connectivity index (χ2v) is 6.27. The van der Waals surface area contributed by atoms with Crippen molar-refractivity contribution in [3.8, 4) is 5.75 Å². The van der Waals surface area contributed by atoms with Crippen LogP contribution in [0.1, 0.15) is 12.5 Å². The molecule has 0 aliphatic carbocycles. The topological polar surface area (TPSA) is 41.6 Å². The van der Waals surface area contributed by atoms with Crippen LogP contribution in [-0.4, -0.2) is 37.0 Å². The third-order valence-corrected chi connectivity index (χ3v) is 4.48. The molecule has 1 amide bonds. The van der Waals surface area contributed by atoms with Crippen molar-refractivity contribution in [2.24, 2.45) is 0 Å². The number of benzene rings is 2. The van der Waals surface area contributed by atoms with Crippen LogP contribution in [0.2, 0.25) is 5.02 Å². The molecule has 25 heavy (non-hydrogen) atoms. The summed E-state index contributed by atoms with van der Waals surface area (Å²) >= 11 is 6.07. The van der Waals surface area contributed by atoms with Gasteiger partial charge >= 0.3 is 0 Å². The summed E-state index contributed by atoms with van der Waals surface area (Å²) in [4.78, 5) is 14.3. The molecule has 0 aliphatic rings. The maximum atomic E-state index is 13.1. The van der Waals surface area contributed by atoms with E-state index in [0.29, 0.717) is 29.6 Å². The summed E-state index contributed by atoms with van der Waals surface area (Å²) in [5.74, 6) is 0.00849. The minimum absolute atomic E-state index is 0.126. The number of halogens is 2. The van der Waals surface area contributed by atoms with Crippen LogP contribution in [0.15, 0.2) is 42.5 Å². The minimum atomic E-state index is -0.352. The molecule has 4 nitrogen and oxygen atoms in total. The van der Waals surface area contributed by atoms with Crippen LogP contribution in [0.4, 0.5) is 10.1 Å². The van der Waals surface area contributed by atoms with E-state index in [9.17, 15) is 9.18 Å². The first-order valence-electron chi connectivity index (χ1n) is 8.03. The SMILES string of the molecule is Cc1c(Cl)cccc1NC(=O)C(C)N(C)CCOc1cccc(F)c1. The highest BCUT2D eigenvalue weighted by Crippen LogP contribution is 2.23. The molecule has 0 aromatic heterocycles. The summed E-state index contributed by atoms with van der Waals surface area (Å²) in [6, 6.07) is 11.0. The van der Waals surface area contributed by atoms with Gasteiger partial charge in [-0.1, -0.05) is 23.7 Å². The zero-order chi connectivity index (χ0) is 18.4. The molecule has 1 atom stereocenters. The summed E-state index contributed by atoms with van der Waals surface area (Å²) in [5, 5.41) is 3.51. The molecule has 0 spiro atoms. The lowest BCUT2D eigenvalue weighted by Crippen LogP contribution is -2.41. The number of anilines is 1. The van der Waals surface area contributed by atoms with Crippen molar-refractivity contribution in [1.29, 1.82) is 0 Å². The summed E-state index contributed by atoms with van der Waals surface area (Å²) in [5.41, 5.74) is 1.54. The van der Waals surface area contributed by atoms with Gasteiger partial charge in [0, 0.05) is 23.3 Å². The Labute approximate surface area is 152 Å². The van der Waals surface area contributed by atoms with Gasteiger partial charge in [-0.25, -0.2) is 4.39 Å². The van der Waals surface area contributed by atoms with Crippen LogP contribution in [0.25, 0.3) is 0 Å². The minimum Gasteiger partial charge on any atom is -0.492 e. The summed E-state index contributed by atoms with van der Waals surface area (Å²) in [7, 11) is 1.84. The summed E-state index contributed by atoms with van der Waals surface area (Å²) in [6.45, 7) is 4.56. The number of hydrogen-bond donors (Lipinski definition) is 1. The molecule has 0 bridgehead atoms. The third kappa shape index (κ3) is 5.44. The van der Waals surface area contributed by atoms with Gasteiger partial charge in [0.15, 0.2) is 0 Å². The van der Waals surface area contributed by atoms with Crippen molar-refractivity contribution in [1.82, 2.24) is 4.90 Å². The molecule has 134 valence electrons. The van der Waals surface area contributed by atoms with E-state index in [-0.39, 0.29) is 17.8 Å². The first-order valence-corrected chi connectivity index (χ1v) is 8.41. The highest BCUT2D eigenvalue weighted by molar-refractivity contribution is 6.31. The van der Waals surface area contributed by atoms with E-state index in [1.807, 2.05) is 31.9 Å². The monoisotopic (exact) mass is 364 g/mol. The van der Waals surface area contributed by atoms with Crippen molar-refractivity contribution in [3.63, 3.8) is 0 Å². The lowest BCUT2D eigenvalue weighted by molar-refractivity contribution is -0.120. The van der Waals surface area contributed by atoms with Crippen molar-refractivity contribution >= 4 is 23.2 Å². The second-order valence-electron chi connectivity index (χ2n) is 5.86. The number of ether oxygens (including phenoxy) is 1. The highest BCUT2D eigenvalue weighted by atomic mass is 35.5. The molecule has 2 aromatic carbocycles. The Morgan fingerprint density at radius 3 is 2.76 bits per heavy atom. The van der Waals surface area contributed by atoms with Crippen molar-refractivity contribution in [2.75, 3.05) is 25.5 Å². The van der Waals surface area contributed by atoms with Crippen LogP contribution in [0.3, 0.4) is 0 Å². The molecule has 6 heteroatoms. The Morgan fingerprint density at radius 1 is 1.32 bits per heavy atom. The Balaban J connectivity index is 1.85. The second kappa shape index (κ2) is 8.83. The number of hydrogen-bond acceptors (Lipinski definition) is 3. The van der Waals surface area contributed by atoms with Gasteiger partial charge in [0.2, 0.25) is 5.91 Å². The maximum absolute atomic E-state index is 13.1. The van der Waals surface area contributed by atoms with Crippen LogP contribution < -0.4 is 10.1 Å². The average molecular weight is 365 g/mol. The van der Waals surface area contributed by atoms with E-state index in [0.717, 1.165) is 5.56 Å². The van der Waals surface area contributed by atoms with Crippen LogP contribution >= 0.6 is 11.6 Å². The van der Waals surface area contributed by atoms with Gasteiger partial charge in [-0.15, -0.1) is 0 Å². The standard InChI is InChI=1S/C19H22ClFN2O2/c1-13-17(20)8-5-9-18(13)22-19(24)14(2)23(3)10-11-25-16-7-4-6-15(21)12-16/h4-9,12,14H,10-11H2,1-3H3,(H,22,24). The van der Waals surface area contributed by atoms with Gasteiger partial charge in [0.05, 0.1) is 6.04 Å². The van der Waals surface area contributed by atoms with Gasteiger partial charge in [-0.3, -0.25) is 9.69 Å². The molecule has 0 heterocycles. The average Bonchev–Trinajstić information content (AvgIpc) is 2.58.